The molecule has 0 heterocycles. The maximum atomic E-state index is 12.1. The van der Waals surface area contributed by atoms with E-state index in [0.29, 0.717) is 12.8 Å². The molecule has 0 saturated heterocycles. The number of unbranched alkanes of at least 4 members (excludes halogenated alkanes) is 14. The van der Waals surface area contributed by atoms with Crippen LogP contribution in [0, 0.1) is 0 Å². The van der Waals surface area contributed by atoms with Crippen molar-refractivity contribution < 1.29 is 16.8 Å². The Hall–Kier alpha value is -0.100. The smallest absolute Gasteiger partial charge is 0.213 e. The summed E-state index contributed by atoms with van der Waals surface area (Å²) in [6.45, 7) is 4.36. The topological polar surface area (TPSA) is 68.3 Å². The zero-order valence-electron chi connectivity index (χ0n) is 17.2. The van der Waals surface area contributed by atoms with Crippen LogP contribution in [0.4, 0.5) is 0 Å². The molecule has 0 aliphatic rings. The predicted molar refractivity (Wildman–Crippen MR) is 113 cm³/mol. The van der Waals surface area contributed by atoms with Crippen molar-refractivity contribution in [3.05, 3.63) is 0 Å². The van der Waals surface area contributed by atoms with Crippen molar-refractivity contribution in [2.45, 2.75) is 117 Å². The molecule has 4 nitrogen and oxygen atoms in total. The normalized spacial score (nSPS) is 12.5. The fraction of sp³-hybridized carbons (Fsp3) is 1.00. The van der Waals surface area contributed by atoms with Crippen LogP contribution in [0.25, 0.3) is 0 Å². The molecular formula is C20H42O4S2. The molecule has 0 aliphatic heterocycles. The zero-order valence-corrected chi connectivity index (χ0v) is 18.8. The third-order valence-corrected chi connectivity index (χ3v) is 10.6. The van der Waals surface area contributed by atoms with Gasteiger partial charge in [0.05, 0.1) is 11.5 Å². The molecule has 0 amide bonds. The van der Waals surface area contributed by atoms with E-state index >= 15 is 0 Å². The second-order valence-corrected chi connectivity index (χ2v) is 13.6. The zero-order chi connectivity index (χ0) is 19.7. The molecule has 0 fully saturated rings. The average molecular weight is 411 g/mol. The molecule has 0 unspecified atom stereocenters. The molecule has 6 heteroatoms. The van der Waals surface area contributed by atoms with Crippen LogP contribution >= 0.6 is 0 Å². The van der Waals surface area contributed by atoms with E-state index in [0.717, 1.165) is 38.5 Å². The summed E-state index contributed by atoms with van der Waals surface area (Å²) in [5.41, 5.74) is 0. The van der Waals surface area contributed by atoms with Crippen LogP contribution < -0.4 is 0 Å². The van der Waals surface area contributed by atoms with Crippen molar-refractivity contribution >= 4 is 17.7 Å². The van der Waals surface area contributed by atoms with Gasteiger partial charge in [0, 0.05) is 0 Å². The molecule has 0 radical (unpaired) electrons. The van der Waals surface area contributed by atoms with Crippen molar-refractivity contribution in [2.24, 2.45) is 0 Å². The standard InChI is InChI=1S/C20H42O4S2/c1-3-5-7-9-11-13-15-17-19-25(21,22)26(23,24)20-18-16-14-12-10-8-6-4-2/h3-20H2,1-2H3. The molecule has 158 valence electrons. The predicted octanol–water partition coefficient (Wildman–Crippen LogP) is 6.01. The van der Waals surface area contributed by atoms with Crippen LogP contribution in [0.3, 0.4) is 0 Å². The molecule has 0 atom stereocenters. The fourth-order valence-electron chi connectivity index (χ4n) is 3.08. The molecule has 0 aromatic heterocycles. The van der Waals surface area contributed by atoms with E-state index in [4.69, 9.17) is 0 Å². The largest absolute Gasteiger partial charge is 0.253 e. The highest BCUT2D eigenvalue weighted by Gasteiger charge is 2.28. The van der Waals surface area contributed by atoms with Crippen LogP contribution in [0.2, 0.25) is 0 Å². The van der Waals surface area contributed by atoms with Gasteiger partial charge in [-0.2, -0.15) is 0 Å². The van der Waals surface area contributed by atoms with Gasteiger partial charge in [-0.05, 0) is 12.8 Å². The van der Waals surface area contributed by atoms with Gasteiger partial charge in [0.1, 0.15) is 0 Å². The first-order valence-corrected chi connectivity index (χ1v) is 14.6. The summed E-state index contributed by atoms with van der Waals surface area (Å²) in [4.78, 5) is 0. The van der Waals surface area contributed by atoms with Gasteiger partial charge >= 0.3 is 0 Å². The molecule has 0 aromatic carbocycles. The Bertz CT molecular complexity index is 462. The van der Waals surface area contributed by atoms with Crippen molar-refractivity contribution in [1.82, 2.24) is 0 Å². The lowest BCUT2D eigenvalue weighted by atomic mass is 10.1. The van der Waals surface area contributed by atoms with E-state index in [1.807, 2.05) is 0 Å². The molecule has 0 N–H and O–H groups in total. The maximum absolute atomic E-state index is 12.1. The van der Waals surface area contributed by atoms with Crippen molar-refractivity contribution in [3.8, 4) is 0 Å². The minimum Gasteiger partial charge on any atom is -0.213 e. The molecular weight excluding hydrogens is 368 g/mol. The van der Waals surface area contributed by atoms with Crippen molar-refractivity contribution in [2.75, 3.05) is 11.5 Å². The number of rotatable bonds is 19. The SMILES string of the molecule is CCCCCCCCCCS(=O)(=O)S(=O)(=O)CCCCCCCCCC. The van der Waals surface area contributed by atoms with Gasteiger partial charge in [-0.15, -0.1) is 0 Å². The van der Waals surface area contributed by atoms with Crippen molar-refractivity contribution in [1.29, 1.82) is 0 Å². The van der Waals surface area contributed by atoms with Gasteiger partial charge < -0.3 is 0 Å². The van der Waals surface area contributed by atoms with E-state index in [9.17, 15) is 16.8 Å². The summed E-state index contributed by atoms with van der Waals surface area (Å²) < 4.78 is 48.3. The molecule has 0 saturated carbocycles. The summed E-state index contributed by atoms with van der Waals surface area (Å²) in [6, 6.07) is 0. The molecule has 0 aromatic rings. The van der Waals surface area contributed by atoms with Crippen LogP contribution in [-0.2, 0) is 17.7 Å². The minimum atomic E-state index is -3.99. The fourth-order valence-corrected chi connectivity index (χ4v) is 6.93. The van der Waals surface area contributed by atoms with Gasteiger partial charge in [-0.3, -0.25) is 0 Å². The van der Waals surface area contributed by atoms with Crippen molar-refractivity contribution in [3.63, 3.8) is 0 Å². The number of hydrogen-bond donors (Lipinski definition) is 0. The Labute approximate surface area is 162 Å². The van der Waals surface area contributed by atoms with Crippen LogP contribution in [0.5, 0.6) is 0 Å². The van der Waals surface area contributed by atoms with Crippen LogP contribution in [0.15, 0.2) is 0 Å². The monoisotopic (exact) mass is 410 g/mol. The first-order chi connectivity index (χ1) is 12.4. The lowest BCUT2D eigenvalue weighted by Gasteiger charge is -2.07. The lowest BCUT2D eigenvalue weighted by molar-refractivity contribution is 0.565. The van der Waals surface area contributed by atoms with Gasteiger partial charge in [-0.25, -0.2) is 16.8 Å². The Kier molecular flexibility index (Phi) is 15.8. The highest BCUT2D eigenvalue weighted by atomic mass is 33.2. The minimum absolute atomic E-state index is 0.207. The second kappa shape index (κ2) is 15.9. The van der Waals surface area contributed by atoms with Gasteiger partial charge in [0.15, 0.2) is 0 Å². The van der Waals surface area contributed by atoms with Gasteiger partial charge in [-0.1, -0.05) is 104 Å². The summed E-state index contributed by atoms with van der Waals surface area (Å²) in [5.74, 6) is -0.414. The first kappa shape index (κ1) is 25.9. The third kappa shape index (κ3) is 13.1. The van der Waals surface area contributed by atoms with Gasteiger partial charge in [0.2, 0.25) is 0 Å². The lowest BCUT2D eigenvalue weighted by Crippen LogP contribution is -2.22. The Morgan fingerprint density at radius 3 is 0.885 bits per heavy atom. The molecule has 0 aliphatic carbocycles. The van der Waals surface area contributed by atoms with Crippen LogP contribution in [0.1, 0.15) is 117 Å². The Morgan fingerprint density at radius 1 is 0.385 bits per heavy atom. The summed E-state index contributed by atoms with van der Waals surface area (Å²) >= 11 is 0. The average Bonchev–Trinajstić information content (AvgIpc) is 2.59. The highest BCUT2D eigenvalue weighted by molar-refractivity contribution is 8.67. The van der Waals surface area contributed by atoms with E-state index in [1.165, 1.54) is 51.4 Å². The Balaban J connectivity index is 3.84. The Morgan fingerprint density at radius 2 is 0.615 bits per heavy atom. The molecule has 0 rings (SSSR count). The molecule has 0 spiro atoms. The van der Waals surface area contributed by atoms with E-state index in [-0.39, 0.29) is 11.5 Å². The molecule has 0 bridgehead atoms. The first-order valence-electron chi connectivity index (χ1n) is 10.8. The number of hydrogen-bond acceptors (Lipinski definition) is 4. The highest BCUT2D eigenvalue weighted by Crippen LogP contribution is 2.15. The summed E-state index contributed by atoms with van der Waals surface area (Å²) in [7, 11) is -7.99. The van der Waals surface area contributed by atoms with E-state index < -0.39 is 17.7 Å². The van der Waals surface area contributed by atoms with Crippen LogP contribution in [-0.4, -0.2) is 28.3 Å². The summed E-state index contributed by atoms with van der Waals surface area (Å²) in [6.07, 6.45) is 16.6. The quantitative estimate of drug-likeness (QED) is 0.193. The molecule has 26 heavy (non-hydrogen) atoms. The summed E-state index contributed by atoms with van der Waals surface area (Å²) in [5, 5.41) is 0. The van der Waals surface area contributed by atoms with E-state index in [2.05, 4.69) is 13.8 Å². The van der Waals surface area contributed by atoms with E-state index in [1.54, 1.807) is 0 Å². The second-order valence-electron chi connectivity index (χ2n) is 7.47. The third-order valence-electron chi connectivity index (χ3n) is 4.88. The maximum Gasteiger partial charge on any atom is 0.253 e. The van der Waals surface area contributed by atoms with Gasteiger partial charge in [0.25, 0.3) is 17.7 Å².